The van der Waals surface area contributed by atoms with Gasteiger partial charge in [-0.1, -0.05) is 12.1 Å². The first-order valence-electron chi connectivity index (χ1n) is 4.99. The van der Waals surface area contributed by atoms with E-state index in [4.69, 9.17) is 16.3 Å². The van der Waals surface area contributed by atoms with Crippen LogP contribution in [0.1, 0.15) is 31.2 Å². The van der Waals surface area contributed by atoms with Crippen LogP contribution in [0.15, 0.2) is 24.3 Å². The van der Waals surface area contributed by atoms with Crippen LogP contribution in [0, 0.1) is 0 Å². The molecule has 0 aliphatic heterocycles. The van der Waals surface area contributed by atoms with Gasteiger partial charge in [-0.15, -0.1) is 11.6 Å². The molecule has 0 N–H and O–H groups in total. The minimum atomic E-state index is -0.238. The first-order valence-corrected chi connectivity index (χ1v) is 5.43. The summed E-state index contributed by atoms with van der Waals surface area (Å²) in [6.07, 6.45) is 0.371. The van der Waals surface area contributed by atoms with E-state index in [-0.39, 0.29) is 11.2 Å². The summed E-state index contributed by atoms with van der Waals surface area (Å²) in [5.74, 6) is 0.928. The fraction of sp³-hybridized carbons (Fsp3) is 0.417. The van der Waals surface area contributed by atoms with Gasteiger partial charge in [-0.05, 0) is 31.5 Å². The summed E-state index contributed by atoms with van der Waals surface area (Å²) >= 11 is 6.07. The zero-order valence-electron chi connectivity index (χ0n) is 9.00. The maximum absolute atomic E-state index is 10.9. The topological polar surface area (TPSA) is 26.3 Å². The average molecular weight is 227 g/mol. The van der Waals surface area contributed by atoms with Gasteiger partial charge in [0.1, 0.15) is 11.5 Å². The Balaban J connectivity index is 2.66. The molecular weight excluding hydrogens is 212 g/mol. The Bertz CT molecular complexity index is 319. The van der Waals surface area contributed by atoms with Crippen LogP contribution >= 0.6 is 11.6 Å². The number of hydrogen-bond donors (Lipinski definition) is 0. The van der Waals surface area contributed by atoms with Gasteiger partial charge in [0.15, 0.2) is 0 Å². The number of alkyl halides is 1. The Morgan fingerprint density at radius 1 is 1.40 bits per heavy atom. The Morgan fingerprint density at radius 2 is 2.00 bits per heavy atom. The van der Waals surface area contributed by atoms with Gasteiger partial charge in [-0.3, -0.25) is 4.79 Å². The molecule has 0 amide bonds. The summed E-state index contributed by atoms with van der Waals surface area (Å²) < 4.78 is 5.31. The molecule has 0 spiro atoms. The second-order valence-electron chi connectivity index (χ2n) is 3.38. The van der Waals surface area contributed by atoms with Gasteiger partial charge in [-0.25, -0.2) is 0 Å². The molecule has 2 nitrogen and oxygen atoms in total. The van der Waals surface area contributed by atoms with Crippen molar-refractivity contribution < 1.29 is 9.53 Å². The highest BCUT2D eigenvalue weighted by Gasteiger charge is 2.10. The number of carbonyl (C=O) groups excluding carboxylic acids is 1. The molecule has 0 aliphatic rings. The monoisotopic (exact) mass is 226 g/mol. The normalized spacial score (nSPS) is 12.2. The van der Waals surface area contributed by atoms with Crippen LogP contribution in [0.5, 0.6) is 5.75 Å². The van der Waals surface area contributed by atoms with Crippen LogP contribution < -0.4 is 4.74 Å². The van der Waals surface area contributed by atoms with E-state index < -0.39 is 0 Å². The van der Waals surface area contributed by atoms with E-state index in [0.717, 1.165) is 11.3 Å². The lowest BCUT2D eigenvalue weighted by molar-refractivity contribution is -0.117. The van der Waals surface area contributed by atoms with Gasteiger partial charge in [-0.2, -0.15) is 0 Å². The molecule has 0 saturated carbocycles. The molecule has 1 unspecified atom stereocenters. The Morgan fingerprint density at radius 3 is 2.47 bits per heavy atom. The predicted octanol–water partition coefficient (Wildman–Crippen LogP) is 3.34. The number of Topliss-reactive ketones (excluding diaryl/α,β-unsaturated/α-hetero) is 1. The van der Waals surface area contributed by atoms with Crippen molar-refractivity contribution in [2.24, 2.45) is 0 Å². The Kier molecular flexibility index (Phi) is 4.63. The van der Waals surface area contributed by atoms with Crippen LogP contribution in [0.4, 0.5) is 0 Å². The van der Waals surface area contributed by atoms with Gasteiger partial charge < -0.3 is 4.74 Å². The molecular formula is C12H15ClO2. The molecule has 0 aromatic heterocycles. The van der Waals surface area contributed by atoms with Gasteiger partial charge >= 0.3 is 0 Å². The summed E-state index contributed by atoms with van der Waals surface area (Å²) in [5, 5.41) is -0.238. The van der Waals surface area contributed by atoms with Crippen LogP contribution in [0.3, 0.4) is 0 Å². The lowest BCUT2D eigenvalue weighted by atomic mass is 10.1. The van der Waals surface area contributed by atoms with Crippen LogP contribution in [0.25, 0.3) is 0 Å². The molecule has 0 aliphatic carbocycles. The number of ketones is 1. The van der Waals surface area contributed by atoms with Crippen molar-refractivity contribution in [2.75, 3.05) is 6.61 Å². The molecule has 1 aromatic carbocycles. The molecule has 1 rings (SSSR count). The van der Waals surface area contributed by atoms with Crippen molar-refractivity contribution in [3.05, 3.63) is 29.8 Å². The zero-order chi connectivity index (χ0) is 11.3. The van der Waals surface area contributed by atoms with Crippen molar-refractivity contribution in [1.29, 1.82) is 0 Å². The standard InChI is InChI=1S/C12H15ClO2/c1-3-15-11-6-4-10(5-7-11)12(13)8-9(2)14/h4-7,12H,3,8H2,1-2H3. The molecule has 1 atom stereocenters. The van der Waals surface area contributed by atoms with Crippen molar-refractivity contribution in [1.82, 2.24) is 0 Å². The van der Waals surface area contributed by atoms with Gasteiger partial charge in [0.05, 0.1) is 12.0 Å². The van der Waals surface area contributed by atoms with Gasteiger partial charge in [0, 0.05) is 6.42 Å². The molecule has 0 fully saturated rings. The molecule has 82 valence electrons. The van der Waals surface area contributed by atoms with E-state index in [1.807, 2.05) is 31.2 Å². The second-order valence-corrected chi connectivity index (χ2v) is 3.90. The highest BCUT2D eigenvalue weighted by atomic mass is 35.5. The highest BCUT2D eigenvalue weighted by molar-refractivity contribution is 6.21. The van der Waals surface area contributed by atoms with Crippen molar-refractivity contribution in [3.8, 4) is 5.75 Å². The number of benzene rings is 1. The van der Waals surface area contributed by atoms with E-state index >= 15 is 0 Å². The van der Waals surface area contributed by atoms with Crippen LogP contribution in [0.2, 0.25) is 0 Å². The lowest BCUT2D eigenvalue weighted by Gasteiger charge is -2.09. The Hall–Kier alpha value is -1.02. The maximum Gasteiger partial charge on any atom is 0.131 e. The largest absolute Gasteiger partial charge is 0.494 e. The molecule has 0 saturated heterocycles. The number of carbonyl (C=O) groups is 1. The van der Waals surface area contributed by atoms with Crippen molar-refractivity contribution >= 4 is 17.4 Å². The van der Waals surface area contributed by atoms with Gasteiger partial charge in [0.2, 0.25) is 0 Å². The summed E-state index contributed by atoms with van der Waals surface area (Å²) in [5.41, 5.74) is 0.954. The maximum atomic E-state index is 10.9. The average Bonchev–Trinajstić information content (AvgIpc) is 2.18. The summed E-state index contributed by atoms with van der Waals surface area (Å²) in [6.45, 7) is 4.13. The SMILES string of the molecule is CCOc1ccc(C(Cl)CC(C)=O)cc1. The number of hydrogen-bond acceptors (Lipinski definition) is 2. The fourth-order valence-electron chi connectivity index (χ4n) is 1.31. The third kappa shape index (κ3) is 3.92. The highest BCUT2D eigenvalue weighted by Crippen LogP contribution is 2.26. The quantitative estimate of drug-likeness (QED) is 0.720. The smallest absolute Gasteiger partial charge is 0.131 e. The van der Waals surface area contributed by atoms with E-state index in [9.17, 15) is 4.79 Å². The van der Waals surface area contributed by atoms with Crippen LogP contribution in [-0.2, 0) is 4.79 Å². The Labute approximate surface area is 95.2 Å². The molecule has 0 heterocycles. The molecule has 3 heteroatoms. The molecule has 15 heavy (non-hydrogen) atoms. The minimum absolute atomic E-state index is 0.101. The molecule has 0 radical (unpaired) electrons. The van der Waals surface area contributed by atoms with E-state index in [1.54, 1.807) is 6.92 Å². The van der Waals surface area contributed by atoms with Gasteiger partial charge in [0.25, 0.3) is 0 Å². The fourth-order valence-corrected chi connectivity index (χ4v) is 1.67. The zero-order valence-corrected chi connectivity index (χ0v) is 9.75. The van der Waals surface area contributed by atoms with Crippen molar-refractivity contribution in [3.63, 3.8) is 0 Å². The van der Waals surface area contributed by atoms with E-state index in [0.29, 0.717) is 13.0 Å². The van der Waals surface area contributed by atoms with E-state index in [1.165, 1.54) is 0 Å². The third-order valence-electron chi connectivity index (χ3n) is 2.02. The number of ether oxygens (including phenoxy) is 1. The molecule has 0 bridgehead atoms. The summed E-state index contributed by atoms with van der Waals surface area (Å²) in [4.78, 5) is 10.9. The second kappa shape index (κ2) is 5.76. The van der Waals surface area contributed by atoms with Crippen LogP contribution in [-0.4, -0.2) is 12.4 Å². The number of rotatable bonds is 5. The predicted molar refractivity (Wildman–Crippen MR) is 61.5 cm³/mol. The summed E-state index contributed by atoms with van der Waals surface area (Å²) in [6, 6.07) is 7.53. The first kappa shape index (κ1) is 12.1. The minimum Gasteiger partial charge on any atom is -0.494 e. The van der Waals surface area contributed by atoms with Crippen molar-refractivity contribution in [2.45, 2.75) is 25.6 Å². The third-order valence-corrected chi connectivity index (χ3v) is 2.43. The number of halogens is 1. The molecule has 1 aromatic rings. The van der Waals surface area contributed by atoms with E-state index in [2.05, 4.69) is 0 Å². The summed E-state index contributed by atoms with van der Waals surface area (Å²) in [7, 11) is 0. The lowest BCUT2D eigenvalue weighted by Crippen LogP contribution is -1.98. The first-order chi connectivity index (χ1) is 7.13.